The number of hydrogen-bond acceptors (Lipinski definition) is 2. The molecule has 6 heteroatoms. The smallest absolute Gasteiger partial charge is 0.240 e. The molecule has 1 fully saturated rings. The lowest BCUT2D eigenvalue weighted by atomic mass is 9.82. The van der Waals surface area contributed by atoms with Gasteiger partial charge in [0.25, 0.3) is 0 Å². The number of rotatable bonds is 3. The van der Waals surface area contributed by atoms with Gasteiger partial charge >= 0.3 is 0 Å². The molecule has 1 aromatic rings. The van der Waals surface area contributed by atoms with E-state index < -0.39 is 5.54 Å². The first-order chi connectivity index (χ1) is 9.01. The summed E-state index contributed by atoms with van der Waals surface area (Å²) in [4.78, 5) is 12.1. The summed E-state index contributed by atoms with van der Waals surface area (Å²) in [5, 5.41) is 2.82. The maximum absolute atomic E-state index is 13.1. The van der Waals surface area contributed by atoms with Gasteiger partial charge in [-0.3, -0.25) is 4.79 Å². The standard InChI is InChI=1S/C14H18BrFN2O.ClH/c15-12-5-4-11(16)8-10(12)9-18-13(19)14(17)6-2-1-3-7-14;/h4-5,8H,1-3,6-7,9,17H2,(H,18,19);1H. The van der Waals surface area contributed by atoms with Gasteiger partial charge in [-0.25, -0.2) is 4.39 Å². The third-order valence-corrected chi connectivity index (χ3v) is 4.42. The van der Waals surface area contributed by atoms with Crippen molar-refractivity contribution in [3.05, 3.63) is 34.1 Å². The largest absolute Gasteiger partial charge is 0.350 e. The van der Waals surface area contributed by atoms with E-state index in [9.17, 15) is 9.18 Å². The van der Waals surface area contributed by atoms with Crippen LogP contribution in [0.1, 0.15) is 37.7 Å². The van der Waals surface area contributed by atoms with Crippen molar-refractivity contribution in [3.63, 3.8) is 0 Å². The Morgan fingerprint density at radius 3 is 2.65 bits per heavy atom. The van der Waals surface area contributed by atoms with Crippen LogP contribution in [0.3, 0.4) is 0 Å². The first kappa shape index (κ1) is 17.4. The Balaban J connectivity index is 0.00000200. The van der Waals surface area contributed by atoms with Gasteiger partial charge in [0.2, 0.25) is 5.91 Å². The molecule has 112 valence electrons. The zero-order chi connectivity index (χ0) is 13.9. The lowest BCUT2D eigenvalue weighted by Gasteiger charge is -2.31. The molecular weight excluding hydrogens is 347 g/mol. The second-order valence-electron chi connectivity index (χ2n) is 5.14. The number of nitrogens with two attached hydrogens (primary N) is 1. The topological polar surface area (TPSA) is 55.1 Å². The summed E-state index contributed by atoms with van der Waals surface area (Å²) in [6.45, 7) is 0.288. The van der Waals surface area contributed by atoms with Crippen LogP contribution in [0, 0.1) is 5.82 Å². The minimum atomic E-state index is -0.752. The first-order valence-electron chi connectivity index (χ1n) is 6.52. The predicted octanol–water partition coefficient (Wildman–Crippen LogP) is 3.29. The van der Waals surface area contributed by atoms with Crippen LogP contribution >= 0.6 is 28.3 Å². The predicted molar refractivity (Wildman–Crippen MR) is 83.2 cm³/mol. The second kappa shape index (κ2) is 7.38. The first-order valence-corrected chi connectivity index (χ1v) is 7.32. The minimum Gasteiger partial charge on any atom is -0.350 e. The summed E-state index contributed by atoms with van der Waals surface area (Å²) in [5.74, 6) is -0.448. The number of amides is 1. The molecule has 0 aliphatic heterocycles. The molecule has 0 unspecified atom stereocenters. The van der Waals surface area contributed by atoms with Crippen molar-refractivity contribution in [2.24, 2.45) is 5.73 Å². The van der Waals surface area contributed by atoms with Crippen molar-refractivity contribution in [1.29, 1.82) is 0 Å². The van der Waals surface area contributed by atoms with E-state index in [0.29, 0.717) is 5.56 Å². The minimum absolute atomic E-state index is 0. The van der Waals surface area contributed by atoms with Crippen molar-refractivity contribution in [2.75, 3.05) is 0 Å². The number of hydrogen-bond donors (Lipinski definition) is 2. The van der Waals surface area contributed by atoms with Gasteiger partial charge in [0.1, 0.15) is 5.82 Å². The lowest BCUT2D eigenvalue weighted by molar-refractivity contribution is -0.127. The van der Waals surface area contributed by atoms with Gasteiger partial charge in [-0.2, -0.15) is 0 Å². The molecule has 3 N–H and O–H groups in total. The molecule has 0 atom stereocenters. The normalized spacial score (nSPS) is 17.1. The number of nitrogens with one attached hydrogen (secondary N) is 1. The highest BCUT2D eigenvalue weighted by atomic mass is 79.9. The lowest BCUT2D eigenvalue weighted by Crippen LogP contribution is -2.54. The number of carbonyl (C=O) groups is 1. The van der Waals surface area contributed by atoms with Gasteiger partial charge < -0.3 is 11.1 Å². The molecule has 20 heavy (non-hydrogen) atoms. The Kier molecular flexibility index (Phi) is 6.43. The Bertz CT molecular complexity index is 478. The fourth-order valence-corrected chi connectivity index (χ4v) is 2.83. The van der Waals surface area contributed by atoms with E-state index >= 15 is 0 Å². The quantitative estimate of drug-likeness (QED) is 0.863. The molecular formula is C14H19BrClFN2O. The van der Waals surface area contributed by atoms with Gasteiger partial charge in [0, 0.05) is 11.0 Å². The Labute approximate surface area is 133 Å². The van der Waals surface area contributed by atoms with E-state index in [2.05, 4.69) is 21.2 Å². The maximum Gasteiger partial charge on any atom is 0.240 e. The summed E-state index contributed by atoms with van der Waals surface area (Å²) < 4.78 is 13.9. The Morgan fingerprint density at radius 2 is 2.00 bits per heavy atom. The Morgan fingerprint density at radius 1 is 1.35 bits per heavy atom. The molecule has 0 bridgehead atoms. The highest BCUT2D eigenvalue weighted by Gasteiger charge is 2.34. The molecule has 1 aliphatic carbocycles. The van der Waals surface area contributed by atoms with E-state index in [-0.39, 0.29) is 30.7 Å². The molecule has 0 heterocycles. The monoisotopic (exact) mass is 364 g/mol. The van der Waals surface area contributed by atoms with Crippen LogP contribution in [0.4, 0.5) is 4.39 Å². The van der Waals surface area contributed by atoms with Crippen LogP contribution < -0.4 is 11.1 Å². The van der Waals surface area contributed by atoms with E-state index in [1.54, 1.807) is 6.07 Å². The van der Waals surface area contributed by atoms with Crippen molar-refractivity contribution < 1.29 is 9.18 Å². The molecule has 0 saturated heterocycles. The molecule has 0 aromatic heterocycles. The third kappa shape index (κ3) is 4.17. The molecule has 1 aromatic carbocycles. The average molecular weight is 366 g/mol. The fourth-order valence-electron chi connectivity index (χ4n) is 2.44. The van der Waals surface area contributed by atoms with Crippen molar-refractivity contribution in [1.82, 2.24) is 5.32 Å². The van der Waals surface area contributed by atoms with Gasteiger partial charge in [-0.15, -0.1) is 12.4 Å². The molecule has 0 spiro atoms. The summed E-state index contributed by atoms with van der Waals surface area (Å²) in [6.07, 6.45) is 4.58. The zero-order valence-corrected chi connectivity index (χ0v) is 13.5. The van der Waals surface area contributed by atoms with Gasteiger partial charge in [0.05, 0.1) is 5.54 Å². The summed E-state index contributed by atoms with van der Waals surface area (Å²) >= 11 is 3.34. The number of halogens is 3. The van der Waals surface area contributed by atoms with Crippen LogP contribution in [-0.2, 0) is 11.3 Å². The van der Waals surface area contributed by atoms with E-state index in [4.69, 9.17) is 5.73 Å². The van der Waals surface area contributed by atoms with Gasteiger partial charge in [0.15, 0.2) is 0 Å². The van der Waals surface area contributed by atoms with Crippen molar-refractivity contribution in [2.45, 2.75) is 44.2 Å². The highest BCUT2D eigenvalue weighted by Crippen LogP contribution is 2.26. The van der Waals surface area contributed by atoms with Crippen molar-refractivity contribution in [3.8, 4) is 0 Å². The van der Waals surface area contributed by atoms with Crippen LogP contribution in [0.2, 0.25) is 0 Å². The molecule has 1 aliphatic rings. The zero-order valence-electron chi connectivity index (χ0n) is 11.1. The highest BCUT2D eigenvalue weighted by molar-refractivity contribution is 9.10. The van der Waals surface area contributed by atoms with Crippen LogP contribution in [0.25, 0.3) is 0 Å². The van der Waals surface area contributed by atoms with E-state index in [1.165, 1.54) is 12.1 Å². The summed E-state index contributed by atoms with van der Waals surface area (Å²) in [5.41, 5.74) is 6.10. The second-order valence-corrected chi connectivity index (χ2v) is 5.99. The van der Waals surface area contributed by atoms with Gasteiger partial charge in [-0.1, -0.05) is 35.2 Å². The van der Waals surface area contributed by atoms with E-state index in [0.717, 1.165) is 36.6 Å². The maximum atomic E-state index is 13.1. The van der Waals surface area contributed by atoms with Crippen LogP contribution in [0.5, 0.6) is 0 Å². The summed E-state index contributed by atoms with van der Waals surface area (Å²) in [7, 11) is 0. The van der Waals surface area contributed by atoms with Crippen LogP contribution in [-0.4, -0.2) is 11.4 Å². The summed E-state index contributed by atoms with van der Waals surface area (Å²) in [6, 6.07) is 4.42. The van der Waals surface area contributed by atoms with Crippen LogP contribution in [0.15, 0.2) is 22.7 Å². The van der Waals surface area contributed by atoms with E-state index in [1.807, 2.05) is 0 Å². The number of benzene rings is 1. The molecule has 1 amide bonds. The molecule has 3 nitrogen and oxygen atoms in total. The fraction of sp³-hybridized carbons (Fsp3) is 0.500. The SMILES string of the molecule is Cl.NC1(C(=O)NCc2cc(F)ccc2Br)CCCCC1. The molecule has 1 saturated carbocycles. The number of carbonyl (C=O) groups excluding carboxylic acids is 1. The average Bonchev–Trinajstić information content (AvgIpc) is 2.40. The molecule has 0 radical (unpaired) electrons. The van der Waals surface area contributed by atoms with Crippen molar-refractivity contribution >= 4 is 34.2 Å². The third-order valence-electron chi connectivity index (χ3n) is 3.65. The van der Waals surface area contributed by atoms with Gasteiger partial charge in [-0.05, 0) is 36.6 Å². The molecule has 2 rings (SSSR count). The Hall–Kier alpha value is -0.650.